The molecule has 2 rings (SSSR count). The van der Waals surface area contributed by atoms with E-state index < -0.39 is 0 Å². The van der Waals surface area contributed by atoms with E-state index in [9.17, 15) is 4.79 Å². The molecule has 28 heavy (non-hydrogen) atoms. The number of hydrogen-bond acceptors (Lipinski definition) is 4. The summed E-state index contributed by atoms with van der Waals surface area (Å²) in [4.78, 5) is 10.0. The van der Waals surface area contributed by atoms with Gasteiger partial charge in [-0.3, -0.25) is 4.79 Å². The summed E-state index contributed by atoms with van der Waals surface area (Å²) in [6.45, 7) is 12.1. The van der Waals surface area contributed by atoms with E-state index in [4.69, 9.17) is 4.74 Å². The van der Waals surface area contributed by atoms with Gasteiger partial charge in [-0.25, -0.2) is 0 Å². The highest BCUT2D eigenvalue weighted by Gasteiger charge is 1.80. The lowest BCUT2D eigenvalue weighted by molar-refractivity contribution is 0.112. The molecule has 2 aromatic rings. The van der Waals surface area contributed by atoms with E-state index in [1.807, 2.05) is 76.2 Å². The van der Waals surface area contributed by atoms with E-state index in [1.54, 1.807) is 46.6 Å². The van der Waals surface area contributed by atoms with E-state index in [0.29, 0.717) is 6.61 Å². The van der Waals surface area contributed by atoms with Gasteiger partial charge < -0.3 is 14.2 Å². The van der Waals surface area contributed by atoms with Crippen LogP contribution in [0, 0.1) is 0 Å². The molecule has 0 atom stereocenters. The summed E-state index contributed by atoms with van der Waals surface area (Å²) in [7, 11) is 6.55. The van der Waals surface area contributed by atoms with Crippen molar-refractivity contribution in [3.05, 3.63) is 78.9 Å². The Labute approximate surface area is 173 Å². The van der Waals surface area contributed by atoms with Gasteiger partial charge in [-0.15, -0.1) is 6.58 Å². The molecule has 0 heterocycles. The Morgan fingerprint density at radius 3 is 1.36 bits per heavy atom. The van der Waals surface area contributed by atoms with Crippen molar-refractivity contribution in [1.29, 1.82) is 0 Å². The quantitative estimate of drug-likeness (QED) is 0.450. The molecule has 0 radical (unpaired) electrons. The van der Waals surface area contributed by atoms with Gasteiger partial charge in [0.25, 0.3) is 0 Å². The monoisotopic (exact) mass is 392 g/mol. The van der Waals surface area contributed by atoms with E-state index in [1.165, 1.54) is 0 Å². The van der Waals surface area contributed by atoms with Crippen LogP contribution in [0.4, 0.5) is 0 Å². The van der Waals surface area contributed by atoms with Crippen molar-refractivity contribution in [3.8, 4) is 5.75 Å². The third kappa shape index (κ3) is 31.4. The van der Waals surface area contributed by atoms with Gasteiger partial charge in [0.05, 0.1) is 13.7 Å². The van der Waals surface area contributed by atoms with Crippen LogP contribution in [0.2, 0.25) is 0 Å². The van der Waals surface area contributed by atoms with Crippen molar-refractivity contribution in [3.63, 3.8) is 0 Å². The van der Waals surface area contributed by atoms with Crippen LogP contribution in [0.15, 0.2) is 73.3 Å². The van der Waals surface area contributed by atoms with Crippen molar-refractivity contribution in [1.82, 2.24) is 0 Å². The number of ether oxygens (including phenoxy) is 3. The normalized spacial score (nSPS) is 7.29. The molecule has 0 aromatic heterocycles. The molecule has 0 aliphatic carbocycles. The fourth-order valence-corrected chi connectivity index (χ4v) is 1.21. The van der Waals surface area contributed by atoms with Crippen LogP contribution in [0.1, 0.15) is 38.1 Å². The molecule has 0 N–H and O–H groups in total. The average molecular weight is 393 g/mol. The molecule has 2 aromatic carbocycles. The molecule has 0 aliphatic heterocycles. The highest BCUT2D eigenvalue weighted by Crippen LogP contribution is 2.05. The van der Waals surface area contributed by atoms with Crippen LogP contribution in [-0.4, -0.2) is 41.3 Å². The number of hydrogen-bond donors (Lipinski definition) is 0. The average Bonchev–Trinajstić information content (AvgIpc) is 2.79. The maximum Gasteiger partial charge on any atom is 0.150 e. The Hall–Kier alpha value is -2.43. The second-order valence-corrected chi connectivity index (χ2v) is 4.20. The first-order chi connectivity index (χ1) is 13.7. The molecule has 160 valence electrons. The Bertz CT molecular complexity index is 484. The molecule has 0 spiro atoms. The van der Waals surface area contributed by atoms with Gasteiger partial charge in [0.15, 0.2) is 0 Å². The van der Waals surface area contributed by atoms with Gasteiger partial charge in [-0.05, 0) is 12.1 Å². The van der Waals surface area contributed by atoms with E-state index >= 15 is 0 Å². The van der Waals surface area contributed by atoms with Gasteiger partial charge in [-0.2, -0.15) is 0 Å². The molecule has 0 amide bonds. The van der Waals surface area contributed by atoms with Gasteiger partial charge >= 0.3 is 0 Å². The molecule has 4 heteroatoms. The smallest absolute Gasteiger partial charge is 0.150 e. The number of rotatable bonds is 4. The number of para-hydroxylation sites is 1. The summed E-state index contributed by atoms with van der Waals surface area (Å²) < 4.78 is 13.7. The lowest BCUT2D eigenvalue weighted by atomic mass is 10.2. The predicted molar refractivity (Wildman–Crippen MR) is 123 cm³/mol. The van der Waals surface area contributed by atoms with Crippen molar-refractivity contribution in [2.75, 3.05) is 35.0 Å². The molecule has 0 fully saturated rings. The maximum atomic E-state index is 10.0. The van der Waals surface area contributed by atoms with Gasteiger partial charge in [0.1, 0.15) is 12.0 Å². The third-order valence-corrected chi connectivity index (χ3v) is 2.20. The van der Waals surface area contributed by atoms with Crippen molar-refractivity contribution < 1.29 is 19.0 Å². The molecule has 4 nitrogen and oxygen atoms in total. The van der Waals surface area contributed by atoms with Crippen molar-refractivity contribution in [2.45, 2.75) is 27.7 Å². The predicted octanol–water partition coefficient (Wildman–Crippen LogP) is 6.33. The number of carbonyl (C=O) groups is 1. The minimum absolute atomic E-state index is 0.653. The third-order valence-electron chi connectivity index (χ3n) is 2.20. The number of carbonyl (C=O) groups excluding carboxylic acids is 1. The highest BCUT2D eigenvalue weighted by atomic mass is 16.5. The van der Waals surface area contributed by atoms with E-state index in [-0.39, 0.29) is 0 Å². The Kier molecular flexibility index (Phi) is 42.2. The van der Waals surface area contributed by atoms with E-state index in [0.717, 1.165) is 17.6 Å². The molecule has 0 bridgehead atoms. The van der Waals surface area contributed by atoms with Crippen LogP contribution < -0.4 is 4.74 Å². The van der Waals surface area contributed by atoms with Crippen LogP contribution in [0.5, 0.6) is 5.75 Å². The fraction of sp³-hybridized carbons (Fsp3) is 0.375. The summed E-state index contributed by atoms with van der Waals surface area (Å²) >= 11 is 0. The largest absolute Gasteiger partial charge is 0.497 e. The van der Waals surface area contributed by atoms with Crippen molar-refractivity contribution in [2.24, 2.45) is 0 Å². The number of aldehydes is 1. The summed E-state index contributed by atoms with van der Waals surface area (Å²) in [6, 6.07) is 18.8. The first-order valence-electron chi connectivity index (χ1n) is 9.29. The van der Waals surface area contributed by atoms with Crippen LogP contribution in [0.3, 0.4) is 0 Å². The number of benzene rings is 2. The Morgan fingerprint density at radius 2 is 1.18 bits per heavy atom. The zero-order valence-electron chi connectivity index (χ0n) is 19.0. The summed E-state index contributed by atoms with van der Waals surface area (Å²) in [6.07, 6.45) is 2.54. The van der Waals surface area contributed by atoms with E-state index in [2.05, 4.69) is 16.1 Å². The standard InChI is InChI=1S/C7H8O.C7H6O.C4H8O.C2H6O.2C2H6/c1-8-7-5-3-2-4-6-7;8-6-7-4-2-1-3-5-7;1-3-4-5-2;1-3-2;2*1-2/h2-6H,1H3;1-6H;3H,1,4H2,2H3;1-2H3;2*1-2H3. The highest BCUT2D eigenvalue weighted by molar-refractivity contribution is 5.74. The van der Waals surface area contributed by atoms with Gasteiger partial charge in [-0.1, -0.05) is 82.3 Å². The van der Waals surface area contributed by atoms with Crippen molar-refractivity contribution >= 4 is 6.29 Å². The first-order valence-corrected chi connectivity index (χ1v) is 9.29. The second-order valence-electron chi connectivity index (χ2n) is 4.20. The summed E-state index contributed by atoms with van der Waals surface area (Å²) in [5.74, 6) is 0.910. The maximum absolute atomic E-state index is 10.0. The Balaban J connectivity index is -0.000000136. The molecule has 0 unspecified atom stereocenters. The Morgan fingerprint density at radius 1 is 0.786 bits per heavy atom. The van der Waals surface area contributed by atoms with Crippen LogP contribution in [0.25, 0.3) is 0 Å². The minimum Gasteiger partial charge on any atom is -0.497 e. The lowest BCUT2D eigenvalue weighted by Crippen LogP contribution is -1.78. The number of methoxy groups -OCH3 is 3. The fourth-order valence-electron chi connectivity index (χ4n) is 1.21. The molecular weight excluding hydrogens is 352 g/mol. The second kappa shape index (κ2) is 35.6. The first kappa shape index (κ1) is 33.2. The zero-order valence-corrected chi connectivity index (χ0v) is 19.0. The summed E-state index contributed by atoms with van der Waals surface area (Å²) in [5, 5.41) is 0. The zero-order chi connectivity index (χ0) is 22.5. The molecular formula is C24H40O4. The molecule has 0 saturated carbocycles. The minimum atomic E-state index is 0.653. The molecule has 0 saturated heterocycles. The summed E-state index contributed by atoms with van der Waals surface area (Å²) in [5.41, 5.74) is 0.729. The lowest BCUT2D eigenvalue weighted by Gasteiger charge is -1.93. The molecule has 0 aliphatic rings. The van der Waals surface area contributed by atoms with Gasteiger partial charge in [0, 0.05) is 26.9 Å². The van der Waals surface area contributed by atoms with Crippen LogP contribution >= 0.6 is 0 Å². The van der Waals surface area contributed by atoms with Gasteiger partial charge in [0.2, 0.25) is 0 Å². The van der Waals surface area contributed by atoms with Crippen LogP contribution in [-0.2, 0) is 9.47 Å². The topological polar surface area (TPSA) is 44.8 Å². The SMILES string of the molecule is C=CCOC.CC.CC.COC.COc1ccccc1.O=Cc1ccccc1.